The fraction of sp³-hybridized carbons (Fsp3) is 0. The molecule has 230 valence electrons. The molecule has 1 heterocycles. The van der Waals surface area contributed by atoms with Crippen molar-refractivity contribution in [3.05, 3.63) is 194 Å². The van der Waals surface area contributed by atoms with Crippen molar-refractivity contribution < 1.29 is 4.42 Å². The Morgan fingerprint density at radius 3 is 1.08 bits per heavy atom. The van der Waals surface area contributed by atoms with Crippen molar-refractivity contribution in [2.45, 2.75) is 0 Å². The van der Waals surface area contributed by atoms with E-state index in [4.69, 9.17) is 4.42 Å². The van der Waals surface area contributed by atoms with Gasteiger partial charge in [-0.05, 0) is 84.3 Å². The molecule has 0 aliphatic heterocycles. The van der Waals surface area contributed by atoms with Crippen molar-refractivity contribution >= 4 is 21.5 Å². The van der Waals surface area contributed by atoms with E-state index in [9.17, 15) is 0 Å². The Bertz CT molecular complexity index is 2540. The molecule has 0 N–H and O–H groups in total. The molecule has 0 radical (unpaired) electrons. The van der Waals surface area contributed by atoms with Gasteiger partial charge in [-0.25, -0.2) is 0 Å². The van der Waals surface area contributed by atoms with E-state index in [0.29, 0.717) is 0 Å². The molecular weight excluding hydrogens is 593 g/mol. The van der Waals surface area contributed by atoms with Crippen molar-refractivity contribution in [2.24, 2.45) is 0 Å². The van der Waals surface area contributed by atoms with Crippen LogP contribution in [0.1, 0.15) is 0 Å². The van der Waals surface area contributed by atoms with Crippen molar-refractivity contribution in [1.29, 1.82) is 0 Å². The van der Waals surface area contributed by atoms with Gasteiger partial charge in [-0.2, -0.15) is 0 Å². The fourth-order valence-corrected chi connectivity index (χ4v) is 7.12. The van der Waals surface area contributed by atoms with Crippen LogP contribution in [0.2, 0.25) is 0 Å². The SMILES string of the molecule is c1ccc(-c2ccc(-c3c4ccccc4c(-c4ccc(-c5ccccc5)cc4)c4cc(-c5ccc(-c6ccccc6)o5)ccc34)cc2)cc1. The van der Waals surface area contributed by atoms with Gasteiger partial charge in [0.05, 0.1) is 0 Å². The molecule has 0 atom stereocenters. The maximum Gasteiger partial charge on any atom is 0.134 e. The summed E-state index contributed by atoms with van der Waals surface area (Å²) in [4.78, 5) is 0. The van der Waals surface area contributed by atoms with Crippen LogP contribution in [0.25, 0.3) is 88.7 Å². The summed E-state index contributed by atoms with van der Waals surface area (Å²) in [7, 11) is 0. The molecule has 9 rings (SSSR count). The third-order valence-electron chi connectivity index (χ3n) is 9.53. The number of hydrogen-bond acceptors (Lipinski definition) is 1. The van der Waals surface area contributed by atoms with Gasteiger partial charge in [0.15, 0.2) is 0 Å². The first kappa shape index (κ1) is 28.8. The highest BCUT2D eigenvalue weighted by Crippen LogP contribution is 2.45. The van der Waals surface area contributed by atoms with Gasteiger partial charge in [-0.15, -0.1) is 0 Å². The highest BCUT2D eigenvalue weighted by molar-refractivity contribution is 6.22. The Morgan fingerprint density at radius 2 is 0.571 bits per heavy atom. The quantitative estimate of drug-likeness (QED) is 0.168. The molecule has 0 bridgehead atoms. The first-order chi connectivity index (χ1) is 24.3. The Balaban J connectivity index is 1.26. The van der Waals surface area contributed by atoms with Crippen LogP contribution in [0, 0.1) is 0 Å². The van der Waals surface area contributed by atoms with Gasteiger partial charge < -0.3 is 4.42 Å². The second kappa shape index (κ2) is 12.3. The largest absolute Gasteiger partial charge is 0.456 e. The van der Waals surface area contributed by atoms with E-state index in [2.05, 4.69) is 176 Å². The molecule has 0 fully saturated rings. The molecule has 0 aliphatic rings. The highest BCUT2D eigenvalue weighted by Gasteiger charge is 2.18. The summed E-state index contributed by atoms with van der Waals surface area (Å²) >= 11 is 0. The van der Waals surface area contributed by atoms with Gasteiger partial charge in [-0.3, -0.25) is 0 Å². The molecule has 1 nitrogen and oxygen atoms in total. The summed E-state index contributed by atoms with van der Waals surface area (Å²) in [5.41, 5.74) is 11.8. The average molecular weight is 625 g/mol. The topological polar surface area (TPSA) is 13.1 Å². The molecule has 0 amide bonds. The predicted octanol–water partition coefficient (Wildman–Crippen LogP) is 13.6. The molecule has 0 spiro atoms. The van der Waals surface area contributed by atoms with E-state index >= 15 is 0 Å². The number of fused-ring (bicyclic) bond motifs is 2. The van der Waals surface area contributed by atoms with Crippen LogP contribution in [0.15, 0.2) is 199 Å². The Kier molecular flexibility index (Phi) is 7.22. The van der Waals surface area contributed by atoms with E-state index in [1.807, 2.05) is 18.2 Å². The maximum absolute atomic E-state index is 6.47. The van der Waals surface area contributed by atoms with Gasteiger partial charge in [0, 0.05) is 11.1 Å². The normalized spacial score (nSPS) is 11.3. The molecule has 0 unspecified atom stereocenters. The lowest BCUT2D eigenvalue weighted by Crippen LogP contribution is -1.92. The van der Waals surface area contributed by atoms with Crippen molar-refractivity contribution in [2.75, 3.05) is 0 Å². The van der Waals surface area contributed by atoms with Crippen LogP contribution in [0.3, 0.4) is 0 Å². The molecular formula is C48H32O. The smallest absolute Gasteiger partial charge is 0.134 e. The zero-order valence-corrected chi connectivity index (χ0v) is 26.9. The van der Waals surface area contributed by atoms with Crippen LogP contribution in [0.4, 0.5) is 0 Å². The van der Waals surface area contributed by atoms with E-state index in [0.717, 1.165) is 22.6 Å². The van der Waals surface area contributed by atoms with E-state index in [-0.39, 0.29) is 0 Å². The second-order valence-electron chi connectivity index (χ2n) is 12.5. The molecule has 8 aromatic carbocycles. The van der Waals surface area contributed by atoms with Gasteiger partial charge in [-0.1, -0.05) is 176 Å². The molecule has 1 heteroatoms. The van der Waals surface area contributed by atoms with Crippen molar-refractivity contribution in [3.8, 4) is 67.2 Å². The van der Waals surface area contributed by atoms with Crippen LogP contribution in [-0.4, -0.2) is 0 Å². The third-order valence-corrected chi connectivity index (χ3v) is 9.53. The summed E-state index contributed by atoms with van der Waals surface area (Å²) in [5.74, 6) is 1.72. The van der Waals surface area contributed by atoms with Crippen LogP contribution < -0.4 is 0 Å². The molecule has 0 aliphatic carbocycles. The maximum atomic E-state index is 6.47. The monoisotopic (exact) mass is 624 g/mol. The zero-order valence-electron chi connectivity index (χ0n) is 26.9. The predicted molar refractivity (Wildman–Crippen MR) is 206 cm³/mol. The zero-order chi connectivity index (χ0) is 32.6. The summed E-state index contributed by atoms with van der Waals surface area (Å²) in [5, 5.41) is 4.88. The van der Waals surface area contributed by atoms with Gasteiger partial charge in [0.25, 0.3) is 0 Å². The minimum Gasteiger partial charge on any atom is -0.456 e. The number of benzene rings is 8. The number of furan rings is 1. The van der Waals surface area contributed by atoms with Crippen molar-refractivity contribution in [1.82, 2.24) is 0 Å². The Hall–Kier alpha value is -6.44. The van der Waals surface area contributed by atoms with Crippen LogP contribution in [0.5, 0.6) is 0 Å². The first-order valence-electron chi connectivity index (χ1n) is 16.8. The highest BCUT2D eigenvalue weighted by atomic mass is 16.3. The number of hydrogen-bond donors (Lipinski definition) is 0. The van der Waals surface area contributed by atoms with Crippen LogP contribution >= 0.6 is 0 Å². The Labute approximate surface area is 286 Å². The van der Waals surface area contributed by atoms with Gasteiger partial charge in [0.2, 0.25) is 0 Å². The molecule has 1 aromatic heterocycles. The number of rotatable bonds is 6. The first-order valence-corrected chi connectivity index (χ1v) is 16.8. The average Bonchev–Trinajstić information content (AvgIpc) is 3.69. The summed E-state index contributed by atoms with van der Waals surface area (Å²) in [6.07, 6.45) is 0. The van der Waals surface area contributed by atoms with E-state index in [1.54, 1.807) is 0 Å². The molecule has 9 aromatic rings. The molecule has 0 saturated carbocycles. The molecule has 49 heavy (non-hydrogen) atoms. The summed E-state index contributed by atoms with van der Waals surface area (Å²) < 4.78 is 6.47. The lowest BCUT2D eigenvalue weighted by molar-refractivity contribution is 0.597. The molecule has 0 saturated heterocycles. The van der Waals surface area contributed by atoms with Crippen molar-refractivity contribution in [3.63, 3.8) is 0 Å². The lowest BCUT2D eigenvalue weighted by Gasteiger charge is -2.19. The fourth-order valence-electron chi connectivity index (χ4n) is 7.12. The summed E-state index contributed by atoms with van der Waals surface area (Å²) in [6, 6.07) is 69.3. The van der Waals surface area contributed by atoms with Crippen LogP contribution in [-0.2, 0) is 0 Å². The standard InChI is InChI=1S/C48H32O/c1-4-12-33(13-5-1)35-20-24-38(25-21-35)47-41-18-10-11-19-42(41)48(39-26-22-36(23-27-39)34-14-6-2-7-15-34)44-32-40(28-29-43(44)47)46-31-30-45(49-46)37-16-8-3-9-17-37/h1-32H. The Morgan fingerprint density at radius 1 is 0.224 bits per heavy atom. The van der Waals surface area contributed by atoms with Gasteiger partial charge in [0.1, 0.15) is 11.5 Å². The second-order valence-corrected chi connectivity index (χ2v) is 12.5. The minimum atomic E-state index is 0.855. The third kappa shape index (κ3) is 5.32. The minimum absolute atomic E-state index is 0.855. The van der Waals surface area contributed by atoms with E-state index in [1.165, 1.54) is 66.1 Å². The van der Waals surface area contributed by atoms with Gasteiger partial charge >= 0.3 is 0 Å². The lowest BCUT2D eigenvalue weighted by atomic mass is 9.84. The van der Waals surface area contributed by atoms with E-state index < -0.39 is 0 Å². The summed E-state index contributed by atoms with van der Waals surface area (Å²) in [6.45, 7) is 0.